The normalized spacial score (nSPS) is 14.6. The van der Waals surface area contributed by atoms with Crippen LogP contribution >= 0.6 is 0 Å². The molecular formula is C21H29N5O2. The summed E-state index contributed by atoms with van der Waals surface area (Å²) in [6, 6.07) is 12.1. The Labute approximate surface area is 166 Å². The van der Waals surface area contributed by atoms with E-state index in [9.17, 15) is 0 Å². The van der Waals surface area contributed by atoms with Crippen LogP contribution in [0.3, 0.4) is 0 Å². The molecule has 0 spiro atoms. The molecule has 1 aromatic heterocycles. The molecule has 3 rings (SSSR count). The highest BCUT2D eigenvalue weighted by Gasteiger charge is 2.15. The summed E-state index contributed by atoms with van der Waals surface area (Å²) in [6.07, 6.45) is 1.84. The molecule has 1 fully saturated rings. The molecule has 0 radical (unpaired) electrons. The Hall–Kier alpha value is -2.80. The summed E-state index contributed by atoms with van der Waals surface area (Å²) in [5, 5.41) is 6.73. The summed E-state index contributed by atoms with van der Waals surface area (Å²) >= 11 is 0. The molecule has 28 heavy (non-hydrogen) atoms. The third-order valence-corrected chi connectivity index (χ3v) is 4.55. The van der Waals surface area contributed by atoms with Crippen molar-refractivity contribution in [2.75, 3.05) is 44.9 Å². The SMILES string of the molecule is CCNC(=NCc1ccc(OC)cc1)NCc1cccnc1N1CCOCC1. The summed E-state index contributed by atoms with van der Waals surface area (Å²) in [6.45, 7) is 7.36. The smallest absolute Gasteiger partial charge is 0.191 e. The number of morpholine rings is 1. The number of nitrogens with one attached hydrogen (secondary N) is 2. The Kier molecular flexibility index (Phi) is 7.49. The van der Waals surface area contributed by atoms with Crippen LogP contribution in [0.1, 0.15) is 18.1 Å². The molecule has 0 bridgehead atoms. The lowest BCUT2D eigenvalue weighted by atomic mass is 10.2. The van der Waals surface area contributed by atoms with Crippen molar-refractivity contribution >= 4 is 11.8 Å². The second-order valence-electron chi connectivity index (χ2n) is 6.48. The van der Waals surface area contributed by atoms with Crippen molar-refractivity contribution in [1.29, 1.82) is 0 Å². The van der Waals surface area contributed by atoms with Gasteiger partial charge in [0.05, 0.1) is 26.9 Å². The number of pyridine rings is 1. The Morgan fingerprint density at radius 1 is 1.18 bits per heavy atom. The number of anilines is 1. The maximum atomic E-state index is 5.46. The predicted molar refractivity (Wildman–Crippen MR) is 112 cm³/mol. The maximum absolute atomic E-state index is 5.46. The van der Waals surface area contributed by atoms with Gasteiger partial charge in [-0.2, -0.15) is 0 Å². The van der Waals surface area contributed by atoms with E-state index in [0.717, 1.165) is 61.5 Å². The van der Waals surface area contributed by atoms with Crippen LogP contribution in [0.15, 0.2) is 47.6 Å². The number of rotatable bonds is 7. The van der Waals surface area contributed by atoms with Gasteiger partial charge in [0.25, 0.3) is 0 Å². The van der Waals surface area contributed by atoms with Gasteiger partial charge >= 0.3 is 0 Å². The molecule has 1 aromatic carbocycles. The summed E-state index contributed by atoms with van der Waals surface area (Å²) in [5.41, 5.74) is 2.29. The van der Waals surface area contributed by atoms with Gasteiger partial charge in [0.1, 0.15) is 11.6 Å². The average Bonchev–Trinajstić information content (AvgIpc) is 2.77. The first-order valence-corrected chi connectivity index (χ1v) is 9.72. The van der Waals surface area contributed by atoms with Crippen molar-refractivity contribution < 1.29 is 9.47 Å². The minimum atomic E-state index is 0.600. The highest BCUT2D eigenvalue weighted by atomic mass is 16.5. The van der Waals surface area contributed by atoms with E-state index in [2.05, 4.69) is 33.5 Å². The number of aliphatic imine (C=N–C) groups is 1. The lowest BCUT2D eigenvalue weighted by Crippen LogP contribution is -2.39. The van der Waals surface area contributed by atoms with E-state index >= 15 is 0 Å². The van der Waals surface area contributed by atoms with Gasteiger partial charge in [-0.3, -0.25) is 0 Å². The lowest BCUT2D eigenvalue weighted by Gasteiger charge is -2.29. The van der Waals surface area contributed by atoms with Crippen molar-refractivity contribution in [2.24, 2.45) is 4.99 Å². The van der Waals surface area contributed by atoms with Gasteiger partial charge in [-0.25, -0.2) is 9.98 Å². The van der Waals surface area contributed by atoms with Gasteiger partial charge in [0, 0.05) is 37.9 Å². The summed E-state index contributed by atoms with van der Waals surface area (Å²) < 4.78 is 10.7. The van der Waals surface area contributed by atoms with Crippen LogP contribution in [-0.2, 0) is 17.8 Å². The summed E-state index contributed by atoms with van der Waals surface area (Å²) in [7, 11) is 1.67. The van der Waals surface area contributed by atoms with Crippen molar-refractivity contribution in [2.45, 2.75) is 20.0 Å². The largest absolute Gasteiger partial charge is 0.497 e. The standard InChI is InChI=1S/C21H29N5O2/c1-3-22-21(24-15-17-6-8-19(27-2)9-7-17)25-16-18-5-4-10-23-20(18)26-11-13-28-14-12-26/h4-10H,3,11-16H2,1-2H3,(H2,22,24,25). The Balaban J connectivity index is 1.64. The first kappa shape index (κ1) is 19.9. The van der Waals surface area contributed by atoms with Crippen LogP contribution in [0.25, 0.3) is 0 Å². The first-order chi connectivity index (χ1) is 13.8. The van der Waals surface area contributed by atoms with Gasteiger partial charge in [-0.15, -0.1) is 0 Å². The molecular weight excluding hydrogens is 354 g/mol. The molecule has 2 heterocycles. The zero-order chi connectivity index (χ0) is 19.6. The Morgan fingerprint density at radius 2 is 1.96 bits per heavy atom. The molecule has 2 N–H and O–H groups in total. The van der Waals surface area contributed by atoms with Crippen LogP contribution in [0.5, 0.6) is 5.75 Å². The van der Waals surface area contributed by atoms with E-state index in [1.807, 2.05) is 36.5 Å². The molecule has 2 aromatic rings. The quantitative estimate of drug-likeness (QED) is 0.564. The number of nitrogens with zero attached hydrogens (tertiary/aromatic N) is 3. The fourth-order valence-corrected chi connectivity index (χ4v) is 3.05. The maximum Gasteiger partial charge on any atom is 0.191 e. The van der Waals surface area contributed by atoms with Crippen LogP contribution in [0.4, 0.5) is 5.82 Å². The highest BCUT2D eigenvalue weighted by Crippen LogP contribution is 2.18. The average molecular weight is 383 g/mol. The second kappa shape index (κ2) is 10.5. The molecule has 7 heteroatoms. The Morgan fingerprint density at radius 3 is 2.68 bits per heavy atom. The van der Waals surface area contributed by atoms with Crippen molar-refractivity contribution in [1.82, 2.24) is 15.6 Å². The Bertz CT molecular complexity index is 758. The highest BCUT2D eigenvalue weighted by molar-refractivity contribution is 5.79. The van der Waals surface area contributed by atoms with Gasteiger partial charge in [0.15, 0.2) is 5.96 Å². The molecule has 1 aliphatic heterocycles. The molecule has 0 aliphatic carbocycles. The minimum absolute atomic E-state index is 0.600. The number of methoxy groups -OCH3 is 1. The molecule has 1 saturated heterocycles. The number of aromatic nitrogens is 1. The molecule has 0 amide bonds. The topological polar surface area (TPSA) is 71.0 Å². The summed E-state index contributed by atoms with van der Waals surface area (Å²) in [4.78, 5) is 11.6. The first-order valence-electron chi connectivity index (χ1n) is 9.72. The van der Waals surface area contributed by atoms with E-state index in [4.69, 9.17) is 14.5 Å². The van der Waals surface area contributed by atoms with Gasteiger partial charge in [-0.05, 0) is 30.7 Å². The number of guanidine groups is 1. The minimum Gasteiger partial charge on any atom is -0.497 e. The third kappa shape index (κ3) is 5.60. The number of hydrogen-bond acceptors (Lipinski definition) is 5. The van der Waals surface area contributed by atoms with Crippen LogP contribution in [0.2, 0.25) is 0 Å². The van der Waals surface area contributed by atoms with E-state index in [1.165, 1.54) is 0 Å². The zero-order valence-electron chi connectivity index (χ0n) is 16.6. The van der Waals surface area contributed by atoms with E-state index in [1.54, 1.807) is 7.11 Å². The molecule has 7 nitrogen and oxygen atoms in total. The molecule has 1 aliphatic rings. The predicted octanol–water partition coefficient (Wildman–Crippen LogP) is 2.18. The number of hydrogen-bond donors (Lipinski definition) is 2. The van der Waals surface area contributed by atoms with Gasteiger partial charge in [0.2, 0.25) is 0 Å². The zero-order valence-corrected chi connectivity index (χ0v) is 16.6. The fourth-order valence-electron chi connectivity index (χ4n) is 3.05. The lowest BCUT2D eigenvalue weighted by molar-refractivity contribution is 0.122. The van der Waals surface area contributed by atoms with Crippen molar-refractivity contribution in [3.8, 4) is 5.75 Å². The molecule has 0 saturated carbocycles. The van der Waals surface area contributed by atoms with E-state index < -0.39 is 0 Å². The fraction of sp³-hybridized carbons (Fsp3) is 0.429. The number of benzene rings is 1. The summed E-state index contributed by atoms with van der Waals surface area (Å²) in [5.74, 6) is 2.66. The third-order valence-electron chi connectivity index (χ3n) is 4.55. The second-order valence-corrected chi connectivity index (χ2v) is 6.48. The van der Waals surface area contributed by atoms with Crippen LogP contribution < -0.4 is 20.3 Å². The van der Waals surface area contributed by atoms with Crippen LogP contribution in [0, 0.1) is 0 Å². The van der Waals surface area contributed by atoms with Crippen LogP contribution in [-0.4, -0.2) is 50.9 Å². The number of ether oxygens (including phenoxy) is 2. The molecule has 0 atom stereocenters. The van der Waals surface area contributed by atoms with Crippen molar-refractivity contribution in [3.63, 3.8) is 0 Å². The monoisotopic (exact) mass is 383 g/mol. The van der Waals surface area contributed by atoms with Gasteiger partial charge in [-0.1, -0.05) is 18.2 Å². The van der Waals surface area contributed by atoms with Gasteiger partial charge < -0.3 is 25.0 Å². The molecule has 0 unspecified atom stereocenters. The van der Waals surface area contributed by atoms with E-state index in [0.29, 0.717) is 13.1 Å². The van der Waals surface area contributed by atoms with E-state index in [-0.39, 0.29) is 0 Å². The van der Waals surface area contributed by atoms with Crippen molar-refractivity contribution in [3.05, 3.63) is 53.7 Å². The molecule has 150 valence electrons.